The van der Waals surface area contributed by atoms with Gasteiger partial charge >= 0.3 is 0 Å². The minimum absolute atomic E-state index is 0.0807. The molecule has 3 unspecified atom stereocenters. The third-order valence-corrected chi connectivity index (χ3v) is 5.92. The van der Waals surface area contributed by atoms with Gasteiger partial charge in [-0.2, -0.15) is 0 Å². The fourth-order valence-corrected chi connectivity index (χ4v) is 4.50. The Morgan fingerprint density at radius 1 is 1.23 bits per heavy atom. The van der Waals surface area contributed by atoms with E-state index in [1.807, 2.05) is 24.3 Å². The Morgan fingerprint density at radius 3 is 2.94 bits per heavy atom. The van der Waals surface area contributed by atoms with Crippen LogP contribution in [0.5, 0.6) is 0 Å². The van der Waals surface area contributed by atoms with E-state index in [0.717, 1.165) is 11.3 Å². The number of para-hydroxylation sites is 1. The van der Waals surface area contributed by atoms with Gasteiger partial charge in [0.1, 0.15) is 12.4 Å². The average Bonchev–Trinajstić information content (AvgIpc) is 3.40. The number of halogens is 1. The number of carbonyl (C=O) groups excluding carboxylic acids is 2. The van der Waals surface area contributed by atoms with E-state index in [-0.39, 0.29) is 42.6 Å². The quantitative estimate of drug-likeness (QED) is 0.819. The van der Waals surface area contributed by atoms with Crippen molar-refractivity contribution >= 4 is 23.2 Å². The number of benzene rings is 2. The maximum Gasteiger partial charge on any atom is 0.271 e. The van der Waals surface area contributed by atoms with Crippen molar-refractivity contribution in [1.29, 1.82) is 0 Å². The summed E-state index contributed by atoms with van der Waals surface area (Å²) >= 11 is 0. The molecule has 160 valence electrons. The first kappa shape index (κ1) is 19.7. The molecule has 0 radical (unpaired) electrons. The average molecular weight is 423 g/mol. The molecule has 0 saturated carbocycles. The van der Waals surface area contributed by atoms with E-state index in [1.54, 1.807) is 17.0 Å². The molecule has 5 rings (SSSR count). The number of rotatable bonds is 4. The van der Waals surface area contributed by atoms with Crippen molar-refractivity contribution in [3.63, 3.8) is 0 Å². The Kier molecular flexibility index (Phi) is 5.15. The number of anilines is 1. The second-order valence-corrected chi connectivity index (χ2v) is 8.07. The summed E-state index contributed by atoms with van der Waals surface area (Å²) in [6.07, 6.45) is 0.226. The van der Waals surface area contributed by atoms with Crippen LogP contribution in [0.1, 0.15) is 29.9 Å². The van der Waals surface area contributed by atoms with Crippen molar-refractivity contribution in [3.05, 3.63) is 65.5 Å². The number of oxime groups is 1. The predicted molar refractivity (Wildman–Crippen MR) is 111 cm³/mol. The van der Waals surface area contributed by atoms with Crippen molar-refractivity contribution in [2.75, 3.05) is 24.7 Å². The molecular weight excluding hydrogens is 401 g/mol. The number of carbonyl (C=O) groups is 2. The van der Waals surface area contributed by atoms with Crippen LogP contribution in [0, 0.1) is 5.82 Å². The van der Waals surface area contributed by atoms with Crippen molar-refractivity contribution < 1.29 is 23.6 Å². The molecule has 2 aromatic carbocycles. The zero-order chi connectivity index (χ0) is 21.4. The zero-order valence-electron chi connectivity index (χ0n) is 16.8. The van der Waals surface area contributed by atoms with Crippen LogP contribution in [0.25, 0.3) is 0 Å². The maximum absolute atomic E-state index is 13.5. The molecule has 3 aliphatic heterocycles. The predicted octanol–water partition coefficient (Wildman–Crippen LogP) is 2.35. The summed E-state index contributed by atoms with van der Waals surface area (Å²) in [5.41, 5.74) is 3.09. The van der Waals surface area contributed by atoms with Gasteiger partial charge in [-0.1, -0.05) is 35.5 Å². The number of fused-ring (bicyclic) bond motifs is 1. The Labute approximate surface area is 178 Å². The van der Waals surface area contributed by atoms with Gasteiger partial charge in [0.05, 0.1) is 18.4 Å². The summed E-state index contributed by atoms with van der Waals surface area (Å²) < 4.78 is 18.9. The van der Waals surface area contributed by atoms with E-state index in [0.29, 0.717) is 30.8 Å². The molecule has 0 aliphatic carbocycles. The van der Waals surface area contributed by atoms with Gasteiger partial charge in [0, 0.05) is 30.1 Å². The van der Waals surface area contributed by atoms with E-state index in [4.69, 9.17) is 9.57 Å². The molecule has 2 aromatic rings. The summed E-state index contributed by atoms with van der Waals surface area (Å²) in [6, 6.07) is 13.8. The molecule has 0 aromatic heterocycles. The highest BCUT2D eigenvalue weighted by molar-refractivity contribution is 6.07. The Morgan fingerprint density at radius 2 is 2.10 bits per heavy atom. The van der Waals surface area contributed by atoms with Crippen LogP contribution >= 0.6 is 0 Å². The number of ether oxygens (including phenoxy) is 1. The highest BCUT2D eigenvalue weighted by atomic mass is 19.1. The molecule has 3 atom stereocenters. The first-order chi connectivity index (χ1) is 15.1. The van der Waals surface area contributed by atoms with Crippen LogP contribution < -0.4 is 10.2 Å². The van der Waals surface area contributed by atoms with Gasteiger partial charge in [-0.3, -0.25) is 9.59 Å². The smallest absolute Gasteiger partial charge is 0.271 e. The van der Waals surface area contributed by atoms with Gasteiger partial charge in [0.2, 0.25) is 12.0 Å². The Bertz CT molecular complexity index is 1060. The maximum atomic E-state index is 13.5. The van der Waals surface area contributed by atoms with Gasteiger partial charge in [-0.15, -0.1) is 0 Å². The summed E-state index contributed by atoms with van der Waals surface area (Å²) in [5.74, 6) is -0.562. The van der Waals surface area contributed by atoms with Crippen LogP contribution in [0.3, 0.4) is 0 Å². The molecule has 0 bridgehead atoms. The van der Waals surface area contributed by atoms with Gasteiger partial charge in [0.15, 0.2) is 0 Å². The third-order valence-electron chi connectivity index (χ3n) is 5.92. The number of nitrogens with zero attached hydrogens (tertiary/aromatic N) is 2. The van der Waals surface area contributed by atoms with E-state index in [1.165, 1.54) is 12.1 Å². The molecule has 1 saturated heterocycles. The largest absolute Gasteiger partial charge is 0.382 e. The minimum Gasteiger partial charge on any atom is -0.382 e. The van der Waals surface area contributed by atoms with Crippen molar-refractivity contribution in [3.8, 4) is 0 Å². The minimum atomic E-state index is -0.747. The topological polar surface area (TPSA) is 80.2 Å². The van der Waals surface area contributed by atoms with Crippen molar-refractivity contribution in [1.82, 2.24) is 5.32 Å². The van der Waals surface area contributed by atoms with Gasteiger partial charge in [-0.05, 0) is 30.2 Å². The fourth-order valence-electron chi connectivity index (χ4n) is 4.50. The highest BCUT2D eigenvalue weighted by Gasteiger charge is 2.39. The standard InChI is InChI=1S/C23H22FN3O4/c24-16-5-3-4-14(8-16)19-10-21(31-26-19)23(29)27-11-15(18-6-1-2-7-20(18)27)9-17-12-30-13-22(28)25-17/h1-8,15,17,21H,9-13H2,(H,25,28). The summed E-state index contributed by atoms with van der Waals surface area (Å²) in [6.45, 7) is 1.06. The van der Waals surface area contributed by atoms with Gasteiger partial charge in [-0.25, -0.2) is 4.39 Å². The number of hydrogen-bond acceptors (Lipinski definition) is 5. The fraction of sp³-hybridized carbons (Fsp3) is 0.348. The lowest BCUT2D eigenvalue weighted by Crippen LogP contribution is -2.46. The molecule has 1 N–H and O–H groups in total. The molecule has 2 amide bonds. The van der Waals surface area contributed by atoms with Crippen LogP contribution in [0.2, 0.25) is 0 Å². The van der Waals surface area contributed by atoms with Crippen LogP contribution in [-0.4, -0.2) is 49.4 Å². The van der Waals surface area contributed by atoms with E-state index in [2.05, 4.69) is 10.5 Å². The lowest BCUT2D eigenvalue weighted by atomic mass is 9.94. The normalized spacial score (nSPS) is 24.9. The van der Waals surface area contributed by atoms with Crippen LogP contribution in [0.15, 0.2) is 53.7 Å². The first-order valence-corrected chi connectivity index (χ1v) is 10.3. The summed E-state index contributed by atoms with van der Waals surface area (Å²) in [5, 5.41) is 7.00. The monoisotopic (exact) mass is 423 g/mol. The van der Waals surface area contributed by atoms with E-state index < -0.39 is 6.10 Å². The highest BCUT2D eigenvalue weighted by Crippen LogP contribution is 2.39. The van der Waals surface area contributed by atoms with E-state index >= 15 is 0 Å². The molecule has 3 heterocycles. The Hall–Kier alpha value is -3.26. The molecule has 31 heavy (non-hydrogen) atoms. The molecule has 0 spiro atoms. The third kappa shape index (κ3) is 3.90. The second-order valence-electron chi connectivity index (χ2n) is 8.07. The summed E-state index contributed by atoms with van der Waals surface area (Å²) in [7, 11) is 0. The van der Waals surface area contributed by atoms with Crippen LogP contribution in [-0.2, 0) is 19.2 Å². The zero-order valence-corrected chi connectivity index (χ0v) is 16.8. The lowest BCUT2D eigenvalue weighted by molar-refractivity contribution is -0.131. The van der Waals surface area contributed by atoms with E-state index in [9.17, 15) is 14.0 Å². The molecule has 1 fully saturated rings. The van der Waals surface area contributed by atoms with Gasteiger partial charge < -0.3 is 19.8 Å². The Balaban J connectivity index is 1.30. The SMILES string of the molecule is O=C1COCC(CC2CN(C(=O)C3CC(c4cccc(F)c4)=NO3)c3ccccc32)N1. The van der Waals surface area contributed by atoms with Crippen molar-refractivity contribution in [2.24, 2.45) is 5.16 Å². The molecule has 3 aliphatic rings. The molecule has 7 nitrogen and oxygen atoms in total. The summed E-state index contributed by atoms with van der Waals surface area (Å²) in [4.78, 5) is 32.1. The van der Waals surface area contributed by atoms with Gasteiger partial charge in [0.25, 0.3) is 5.91 Å². The number of morpholine rings is 1. The molecular formula is C23H22FN3O4. The number of hydrogen-bond donors (Lipinski definition) is 1. The number of amides is 2. The van der Waals surface area contributed by atoms with Crippen LogP contribution in [0.4, 0.5) is 10.1 Å². The number of nitrogens with one attached hydrogen (secondary N) is 1. The molecule has 8 heteroatoms. The second kappa shape index (κ2) is 8.11. The lowest BCUT2D eigenvalue weighted by Gasteiger charge is -2.26. The first-order valence-electron chi connectivity index (χ1n) is 10.3. The van der Waals surface area contributed by atoms with Crippen molar-refractivity contribution in [2.45, 2.75) is 30.9 Å².